The molecule has 3 rings (SSSR count). The fourth-order valence-corrected chi connectivity index (χ4v) is 2.54. The predicted molar refractivity (Wildman–Crippen MR) is 95.1 cm³/mol. The van der Waals surface area contributed by atoms with Gasteiger partial charge in [0.05, 0.1) is 5.56 Å². The van der Waals surface area contributed by atoms with Gasteiger partial charge in [0.15, 0.2) is 17.6 Å². The van der Waals surface area contributed by atoms with Gasteiger partial charge in [0.25, 0.3) is 5.91 Å². The molecule has 0 aliphatic carbocycles. The van der Waals surface area contributed by atoms with E-state index in [1.807, 2.05) is 31.2 Å². The zero-order chi connectivity index (χ0) is 18.5. The molecule has 1 heterocycles. The van der Waals surface area contributed by atoms with Crippen LogP contribution in [0.5, 0.6) is 11.5 Å². The Balaban J connectivity index is 1.51. The van der Waals surface area contributed by atoms with Crippen LogP contribution < -0.4 is 14.8 Å². The molecule has 0 unspecified atom stereocenters. The van der Waals surface area contributed by atoms with Crippen molar-refractivity contribution in [1.82, 2.24) is 5.32 Å². The van der Waals surface area contributed by atoms with Crippen molar-refractivity contribution >= 4 is 11.9 Å². The van der Waals surface area contributed by atoms with E-state index in [0.29, 0.717) is 23.6 Å². The number of carbonyl (C=O) groups is 2. The zero-order valence-corrected chi connectivity index (χ0v) is 14.8. The van der Waals surface area contributed by atoms with Crippen molar-refractivity contribution in [2.24, 2.45) is 0 Å². The first-order valence-electron chi connectivity index (χ1n) is 8.53. The van der Waals surface area contributed by atoms with Gasteiger partial charge in [0, 0.05) is 6.54 Å². The average molecular weight is 355 g/mol. The van der Waals surface area contributed by atoms with Crippen LogP contribution in [0.25, 0.3) is 0 Å². The Kier molecular flexibility index (Phi) is 5.41. The Morgan fingerprint density at radius 3 is 2.50 bits per heavy atom. The Morgan fingerprint density at radius 2 is 1.77 bits per heavy atom. The largest absolute Gasteiger partial charge is 0.454 e. The minimum Gasteiger partial charge on any atom is -0.454 e. The van der Waals surface area contributed by atoms with E-state index in [9.17, 15) is 9.59 Å². The highest BCUT2D eigenvalue weighted by atomic mass is 16.7. The topological polar surface area (TPSA) is 73.9 Å². The molecule has 26 heavy (non-hydrogen) atoms. The minimum absolute atomic E-state index is 0.206. The highest BCUT2D eigenvalue weighted by Gasteiger charge is 2.19. The molecule has 1 aliphatic heterocycles. The van der Waals surface area contributed by atoms with Crippen molar-refractivity contribution in [2.45, 2.75) is 32.9 Å². The number of carbonyl (C=O) groups excluding carboxylic acids is 2. The Hall–Kier alpha value is -3.02. The lowest BCUT2D eigenvalue weighted by Crippen LogP contribution is -2.35. The van der Waals surface area contributed by atoms with E-state index in [1.54, 1.807) is 25.1 Å². The molecule has 1 atom stereocenters. The summed E-state index contributed by atoms with van der Waals surface area (Å²) in [5.41, 5.74) is 2.44. The number of hydrogen-bond donors (Lipinski definition) is 1. The van der Waals surface area contributed by atoms with Crippen molar-refractivity contribution in [2.75, 3.05) is 6.79 Å². The van der Waals surface area contributed by atoms with Gasteiger partial charge in [-0.1, -0.05) is 25.1 Å². The smallest absolute Gasteiger partial charge is 0.338 e. The quantitative estimate of drug-likeness (QED) is 0.807. The third-order valence-electron chi connectivity index (χ3n) is 4.15. The maximum Gasteiger partial charge on any atom is 0.338 e. The van der Waals surface area contributed by atoms with Gasteiger partial charge >= 0.3 is 5.97 Å². The fraction of sp³-hybridized carbons (Fsp3) is 0.300. The van der Waals surface area contributed by atoms with Crippen LogP contribution in [0.1, 0.15) is 35.3 Å². The van der Waals surface area contributed by atoms with Crippen molar-refractivity contribution < 1.29 is 23.8 Å². The van der Waals surface area contributed by atoms with Crippen molar-refractivity contribution in [3.63, 3.8) is 0 Å². The van der Waals surface area contributed by atoms with Crippen molar-refractivity contribution in [1.29, 1.82) is 0 Å². The summed E-state index contributed by atoms with van der Waals surface area (Å²) >= 11 is 0. The molecule has 0 saturated heterocycles. The maximum atomic E-state index is 12.2. The standard InChI is InChI=1S/C20H21NO5/c1-3-14-4-7-16(8-5-14)20(23)26-13(2)19(22)21-11-15-6-9-17-18(10-15)25-12-24-17/h4-10,13H,3,11-12H2,1-2H3,(H,21,22)/t13-/m0/s1. The molecule has 0 saturated carbocycles. The Labute approximate surface area is 152 Å². The van der Waals surface area contributed by atoms with Crippen molar-refractivity contribution in [3.8, 4) is 11.5 Å². The van der Waals surface area contributed by atoms with Crippen LogP contribution in [0.2, 0.25) is 0 Å². The first-order chi connectivity index (χ1) is 12.6. The Bertz CT molecular complexity index is 800. The number of amides is 1. The highest BCUT2D eigenvalue weighted by molar-refractivity contribution is 5.92. The first-order valence-corrected chi connectivity index (χ1v) is 8.53. The average Bonchev–Trinajstić information content (AvgIpc) is 3.13. The van der Waals surface area contributed by atoms with Crippen LogP contribution in [0.3, 0.4) is 0 Å². The van der Waals surface area contributed by atoms with Gasteiger partial charge in [-0.15, -0.1) is 0 Å². The third-order valence-corrected chi connectivity index (χ3v) is 4.15. The molecule has 0 radical (unpaired) electrons. The highest BCUT2D eigenvalue weighted by Crippen LogP contribution is 2.32. The summed E-state index contributed by atoms with van der Waals surface area (Å²) in [7, 11) is 0. The Morgan fingerprint density at radius 1 is 1.08 bits per heavy atom. The number of esters is 1. The first kappa shape index (κ1) is 17.8. The molecule has 1 N–H and O–H groups in total. The lowest BCUT2D eigenvalue weighted by molar-refractivity contribution is -0.129. The number of aryl methyl sites for hydroxylation is 1. The van der Waals surface area contributed by atoms with Crippen LogP contribution >= 0.6 is 0 Å². The SMILES string of the molecule is CCc1ccc(C(=O)O[C@@H](C)C(=O)NCc2ccc3c(c2)OCO3)cc1. The van der Waals surface area contributed by atoms with E-state index in [0.717, 1.165) is 17.5 Å². The lowest BCUT2D eigenvalue weighted by atomic mass is 10.1. The molecule has 6 nitrogen and oxygen atoms in total. The van der Waals surface area contributed by atoms with E-state index in [2.05, 4.69) is 5.32 Å². The van der Waals surface area contributed by atoms with Gasteiger partial charge < -0.3 is 19.5 Å². The molecule has 2 aromatic carbocycles. The van der Waals surface area contributed by atoms with E-state index >= 15 is 0 Å². The molecule has 1 aliphatic rings. The molecule has 0 aromatic heterocycles. The third kappa shape index (κ3) is 4.14. The summed E-state index contributed by atoms with van der Waals surface area (Å²) in [5.74, 6) is 0.475. The molecule has 1 amide bonds. The number of rotatable bonds is 6. The normalized spacial score (nSPS) is 13.2. The van der Waals surface area contributed by atoms with Gasteiger partial charge in [-0.05, 0) is 48.7 Å². The molecular formula is C20H21NO5. The molecule has 0 fully saturated rings. The van der Waals surface area contributed by atoms with Gasteiger partial charge in [-0.2, -0.15) is 0 Å². The van der Waals surface area contributed by atoms with Crippen LogP contribution in [0.4, 0.5) is 0 Å². The summed E-state index contributed by atoms with van der Waals surface area (Å²) in [6, 6.07) is 12.6. The number of nitrogens with one attached hydrogen (secondary N) is 1. The van der Waals surface area contributed by atoms with Crippen molar-refractivity contribution in [3.05, 3.63) is 59.2 Å². The second kappa shape index (κ2) is 7.91. The predicted octanol–water partition coefficient (Wildman–Crippen LogP) is 2.84. The van der Waals surface area contributed by atoms with E-state index < -0.39 is 12.1 Å². The summed E-state index contributed by atoms with van der Waals surface area (Å²) in [6.07, 6.45) is 0.0101. The van der Waals surface area contributed by atoms with Crippen LogP contribution in [0, 0.1) is 0 Å². The summed E-state index contributed by atoms with van der Waals surface area (Å²) < 4.78 is 15.8. The minimum atomic E-state index is -0.887. The number of ether oxygens (including phenoxy) is 3. The molecule has 0 bridgehead atoms. The molecule has 6 heteroatoms. The number of fused-ring (bicyclic) bond motifs is 1. The van der Waals surface area contributed by atoms with Gasteiger partial charge in [-0.25, -0.2) is 4.79 Å². The van der Waals surface area contributed by atoms with E-state index in [4.69, 9.17) is 14.2 Å². The fourth-order valence-electron chi connectivity index (χ4n) is 2.54. The molecule has 0 spiro atoms. The van der Waals surface area contributed by atoms with Crippen LogP contribution in [-0.2, 0) is 22.5 Å². The second-order valence-electron chi connectivity index (χ2n) is 6.00. The van der Waals surface area contributed by atoms with Gasteiger partial charge in [-0.3, -0.25) is 4.79 Å². The summed E-state index contributed by atoms with van der Waals surface area (Å²) in [4.78, 5) is 24.3. The zero-order valence-electron chi connectivity index (χ0n) is 14.8. The van der Waals surface area contributed by atoms with Gasteiger partial charge in [0.2, 0.25) is 6.79 Å². The molecular weight excluding hydrogens is 334 g/mol. The molecule has 2 aromatic rings. The maximum absolute atomic E-state index is 12.2. The van der Waals surface area contributed by atoms with E-state index in [1.165, 1.54) is 0 Å². The van der Waals surface area contributed by atoms with Crippen LogP contribution in [-0.4, -0.2) is 24.8 Å². The van der Waals surface area contributed by atoms with E-state index in [-0.39, 0.29) is 12.7 Å². The number of hydrogen-bond acceptors (Lipinski definition) is 5. The summed E-state index contributed by atoms with van der Waals surface area (Å²) in [6.45, 7) is 4.10. The second-order valence-corrected chi connectivity index (χ2v) is 6.00. The number of benzene rings is 2. The molecule has 136 valence electrons. The van der Waals surface area contributed by atoms with Crippen LogP contribution in [0.15, 0.2) is 42.5 Å². The summed E-state index contributed by atoms with van der Waals surface area (Å²) in [5, 5.41) is 2.75. The van der Waals surface area contributed by atoms with Gasteiger partial charge in [0.1, 0.15) is 0 Å². The lowest BCUT2D eigenvalue weighted by Gasteiger charge is -2.14. The monoisotopic (exact) mass is 355 g/mol.